The summed E-state index contributed by atoms with van der Waals surface area (Å²) in [5.41, 5.74) is 9.63. The minimum absolute atomic E-state index is 0.0150. The van der Waals surface area contributed by atoms with Crippen molar-refractivity contribution in [3.05, 3.63) is 137 Å². The maximum atomic E-state index is 13.3. The van der Waals surface area contributed by atoms with Crippen molar-refractivity contribution in [2.24, 2.45) is 23.5 Å². The highest BCUT2D eigenvalue weighted by atomic mass is 16.5. The van der Waals surface area contributed by atoms with Crippen LogP contribution in [0.25, 0.3) is 0 Å². The Morgan fingerprint density at radius 2 is 1.27 bits per heavy atom. The molecule has 0 spiro atoms. The molecule has 2 atom stereocenters. The Hall–Kier alpha value is -4.22. The quantitative estimate of drug-likeness (QED) is 0.155. The summed E-state index contributed by atoms with van der Waals surface area (Å²) in [6, 6.07) is 33.9. The molecule has 4 rings (SSSR count). The summed E-state index contributed by atoms with van der Waals surface area (Å²) >= 11 is 0. The first-order chi connectivity index (χ1) is 19.8. The molecule has 4 aromatic rings. The predicted molar refractivity (Wildman–Crippen MR) is 163 cm³/mol. The molecule has 5 heteroatoms. The maximum Gasteiger partial charge on any atom is 0.343 e. The van der Waals surface area contributed by atoms with Crippen LogP contribution in [-0.4, -0.2) is 18.5 Å². The number of benzene rings is 4. The molecule has 5 nitrogen and oxygen atoms in total. The Morgan fingerprint density at radius 3 is 1.78 bits per heavy atom. The van der Waals surface area contributed by atoms with Gasteiger partial charge >= 0.3 is 11.9 Å². The van der Waals surface area contributed by atoms with Gasteiger partial charge in [0, 0.05) is 11.0 Å². The van der Waals surface area contributed by atoms with Crippen molar-refractivity contribution in [3.63, 3.8) is 0 Å². The van der Waals surface area contributed by atoms with Crippen LogP contribution in [0, 0.1) is 17.8 Å². The first-order valence-electron chi connectivity index (χ1n) is 14.2. The third-order valence-electron chi connectivity index (χ3n) is 7.89. The number of nitrogens with two attached hydrogens (primary N) is 1. The number of rotatable bonds is 11. The van der Waals surface area contributed by atoms with Crippen LogP contribution >= 0.6 is 0 Å². The number of carbonyl (C=O) groups is 2. The lowest BCUT2D eigenvalue weighted by molar-refractivity contribution is 0.0472. The van der Waals surface area contributed by atoms with Gasteiger partial charge in [-0.25, -0.2) is 9.59 Å². The third-order valence-corrected chi connectivity index (χ3v) is 7.89. The fraction of sp³-hybridized carbons (Fsp3) is 0.278. The van der Waals surface area contributed by atoms with E-state index in [0.29, 0.717) is 23.4 Å². The number of hydrogen-bond acceptors (Lipinski definition) is 5. The Bertz CT molecular complexity index is 1430. The van der Waals surface area contributed by atoms with Gasteiger partial charge in [-0.15, -0.1) is 0 Å². The zero-order valence-electron chi connectivity index (χ0n) is 24.2. The van der Waals surface area contributed by atoms with Crippen LogP contribution in [0.15, 0.2) is 109 Å². The van der Waals surface area contributed by atoms with E-state index in [4.69, 9.17) is 15.2 Å². The summed E-state index contributed by atoms with van der Waals surface area (Å²) in [5, 5.41) is 0. The maximum absolute atomic E-state index is 13.3. The lowest BCUT2D eigenvalue weighted by atomic mass is 9.56. The van der Waals surface area contributed by atoms with E-state index in [0.717, 1.165) is 16.7 Å². The van der Waals surface area contributed by atoms with Crippen molar-refractivity contribution < 1.29 is 19.1 Å². The molecule has 0 radical (unpaired) electrons. The summed E-state index contributed by atoms with van der Waals surface area (Å²) < 4.78 is 11.8. The SMILES string of the molecule is CC(C)C(CN)C(c1ccccc1)(c1cc(COC(=O)c2ccccc2)ccc1OC(=O)c1ccccc1)C(C)C. The number of hydrogen-bond donors (Lipinski definition) is 1. The van der Waals surface area contributed by atoms with E-state index in [1.54, 1.807) is 36.4 Å². The lowest BCUT2D eigenvalue weighted by Gasteiger charge is -2.47. The second kappa shape index (κ2) is 13.4. The Morgan fingerprint density at radius 1 is 0.732 bits per heavy atom. The van der Waals surface area contributed by atoms with Crippen LogP contribution in [0.3, 0.4) is 0 Å². The molecule has 4 aromatic carbocycles. The van der Waals surface area contributed by atoms with Gasteiger partial charge in [-0.3, -0.25) is 0 Å². The third kappa shape index (κ3) is 6.41. The van der Waals surface area contributed by atoms with Gasteiger partial charge in [0.1, 0.15) is 12.4 Å². The Labute approximate surface area is 243 Å². The number of ether oxygens (including phenoxy) is 2. The first-order valence-corrected chi connectivity index (χ1v) is 14.2. The molecule has 41 heavy (non-hydrogen) atoms. The van der Waals surface area contributed by atoms with Gasteiger partial charge in [-0.1, -0.05) is 100 Å². The monoisotopic (exact) mass is 549 g/mol. The smallest absolute Gasteiger partial charge is 0.343 e. The topological polar surface area (TPSA) is 78.6 Å². The van der Waals surface area contributed by atoms with Gasteiger partial charge in [-0.05, 0) is 71.8 Å². The fourth-order valence-electron chi connectivity index (χ4n) is 5.96. The molecule has 0 saturated heterocycles. The zero-order chi connectivity index (χ0) is 29.4. The highest BCUT2D eigenvalue weighted by molar-refractivity contribution is 5.91. The van der Waals surface area contributed by atoms with Gasteiger partial charge in [0.2, 0.25) is 0 Å². The summed E-state index contributed by atoms with van der Waals surface area (Å²) in [6.45, 7) is 9.24. The molecule has 2 N–H and O–H groups in total. The molecule has 0 fully saturated rings. The van der Waals surface area contributed by atoms with E-state index >= 15 is 0 Å². The van der Waals surface area contributed by atoms with Crippen LogP contribution in [-0.2, 0) is 16.8 Å². The Balaban J connectivity index is 1.87. The van der Waals surface area contributed by atoms with Crippen molar-refractivity contribution in [3.8, 4) is 5.75 Å². The van der Waals surface area contributed by atoms with Crippen molar-refractivity contribution in [2.75, 3.05) is 6.54 Å². The minimum Gasteiger partial charge on any atom is -0.457 e. The van der Waals surface area contributed by atoms with Crippen molar-refractivity contribution in [2.45, 2.75) is 39.7 Å². The van der Waals surface area contributed by atoms with E-state index in [1.165, 1.54) is 0 Å². The van der Waals surface area contributed by atoms with Crippen molar-refractivity contribution in [1.29, 1.82) is 0 Å². The minimum atomic E-state index is -0.601. The van der Waals surface area contributed by atoms with Crippen LogP contribution in [0.4, 0.5) is 0 Å². The molecule has 0 aromatic heterocycles. The summed E-state index contributed by atoms with van der Waals surface area (Å²) in [7, 11) is 0. The first kappa shape index (κ1) is 29.8. The molecule has 0 aliphatic rings. The number of esters is 2. The van der Waals surface area contributed by atoms with E-state index in [9.17, 15) is 9.59 Å². The van der Waals surface area contributed by atoms with E-state index < -0.39 is 17.4 Å². The lowest BCUT2D eigenvalue weighted by Crippen LogP contribution is -2.47. The molecule has 0 aliphatic carbocycles. The molecule has 212 valence electrons. The number of carbonyl (C=O) groups excluding carboxylic acids is 2. The van der Waals surface area contributed by atoms with Crippen molar-refractivity contribution in [1.82, 2.24) is 0 Å². The highest BCUT2D eigenvalue weighted by Crippen LogP contribution is 2.51. The normalized spacial score (nSPS) is 13.4. The largest absolute Gasteiger partial charge is 0.457 e. The predicted octanol–water partition coefficient (Wildman–Crippen LogP) is 7.44. The zero-order valence-corrected chi connectivity index (χ0v) is 24.2. The standard InChI is InChI=1S/C36H39NO4/c1-25(2)32(23-37)36(26(3)4,30-18-12-7-13-19-30)31-22-27(24-40-34(38)28-14-8-5-9-15-28)20-21-33(31)41-35(39)29-16-10-6-11-17-29/h5-22,25-26,32H,23-24,37H2,1-4H3. The molecule has 0 saturated carbocycles. The molecule has 0 heterocycles. The van der Waals surface area contributed by atoms with Gasteiger partial charge in [0.15, 0.2) is 0 Å². The molecular formula is C36H39NO4. The van der Waals surface area contributed by atoms with Crippen LogP contribution in [0.5, 0.6) is 5.75 Å². The molecule has 0 amide bonds. The summed E-state index contributed by atoms with van der Waals surface area (Å²) in [5.74, 6) is -0.0478. The van der Waals surface area contributed by atoms with Crippen molar-refractivity contribution >= 4 is 11.9 Å². The van der Waals surface area contributed by atoms with Crippen LogP contribution in [0.2, 0.25) is 0 Å². The second-order valence-electron chi connectivity index (χ2n) is 11.0. The molecule has 0 bridgehead atoms. The van der Waals surface area contributed by atoms with E-state index in [-0.39, 0.29) is 24.4 Å². The van der Waals surface area contributed by atoms with Gasteiger partial charge in [0.25, 0.3) is 0 Å². The summed E-state index contributed by atoms with van der Waals surface area (Å²) in [6.07, 6.45) is 0. The van der Waals surface area contributed by atoms with E-state index in [1.807, 2.05) is 60.7 Å². The van der Waals surface area contributed by atoms with Crippen LogP contribution in [0.1, 0.15) is 65.1 Å². The average Bonchev–Trinajstić information content (AvgIpc) is 3.00. The fourth-order valence-corrected chi connectivity index (χ4v) is 5.96. The Kier molecular flexibility index (Phi) is 9.74. The van der Waals surface area contributed by atoms with Gasteiger partial charge < -0.3 is 15.2 Å². The second-order valence-corrected chi connectivity index (χ2v) is 11.0. The highest BCUT2D eigenvalue weighted by Gasteiger charge is 2.47. The molecule has 0 aliphatic heterocycles. The van der Waals surface area contributed by atoms with Gasteiger partial charge in [-0.2, -0.15) is 0 Å². The van der Waals surface area contributed by atoms with E-state index in [2.05, 4.69) is 39.8 Å². The molecular weight excluding hydrogens is 510 g/mol. The van der Waals surface area contributed by atoms with Crippen LogP contribution < -0.4 is 10.5 Å². The summed E-state index contributed by atoms with van der Waals surface area (Å²) in [4.78, 5) is 26.0. The molecule has 2 unspecified atom stereocenters. The average molecular weight is 550 g/mol. The van der Waals surface area contributed by atoms with Gasteiger partial charge in [0.05, 0.1) is 11.1 Å².